The summed E-state index contributed by atoms with van der Waals surface area (Å²) in [5.41, 5.74) is 1.43. The van der Waals surface area contributed by atoms with Crippen LogP contribution in [0.1, 0.15) is 17.1 Å². The predicted molar refractivity (Wildman–Crippen MR) is 101 cm³/mol. The summed E-state index contributed by atoms with van der Waals surface area (Å²) in [5, 5.41) is 9.85. The van der Waals surface area contributed by atoms with Crippen molar-refractivity contribution < 1.29 is 18.3 Å². The Labute approximate surface area is 161 Å². The molecule has 0 saturated carbocycles. The van der Waals surface area contributed by atoms with Gasteiger partial charge in [-0.3, -0.25) is 4.79 Å². The molecule has 140 valence electrons. The second-order valence-corrected chi connectivity index (χ2v) is 9.02. The first kappa shape index (κ1) is 20.6. The lowest BCUT2D eigenvalue weighted by atomic mass is 10.2. The van der Waals surface area contributed by atoms with Gasteiger partial charge in [-0.25, -0.2) is 18.4 Å². The second-order valence-electron chi connectivity index (χ2n) is 5.60. The zero-order chi connectivity index (χ0) is 19.3. The summed E-state index contributed by atoms with van der Waals surface area (Å²) in [5.74, 6) is -0.762. The summed E-state index contributed by atoms with van der Waals surface area (Å²) in [6, 6.07) is 8.57. The molecule has 1 aromatic heterocycles. The van der Waals surface area contributed by atoms with Crippen molar-refractivity contribution in [3.63, 3.8) is 0 Å². The lowest BCUT2D eigenvalue weighted by Crippen LogP contribution is -2.30. The van der Waals surface area contributed by atoms with E-state index in [4.69, 9.17) is 16.7 Å². The van der Waals surface area contributed by atoms with Crippen LogP contribution in [-0.4, -0.2) is 45.8 Å². The predicted octanol–water partition coefficient (Wildman–Crippen LogP) is 2.58. The molecule has 0 spiro atoms. The van der Waals surface area contributed by atoms with E-state index in [1.807, 2.05) is 0 Å². The average molecular weight is 416 g/mol. The zero-order valence-corrected chi connectivity index (χ0v) is 16.6. The molecule has 1 N–H and O–H groups in total. The molecular weight excluding hydrogens is 398 g/mol. The number of aryl methyl sites for hydroxylation is 1. The molecule has 26 heavy (non-hydrogen) atoms. The van der Waals surface area contributed by atoms with Gasteiger partial charge >= 0.3 is 5.97 Å². The number of carboxylic acids is 1. The van der Waals surface area contributed by atoms with Gasteiger partial charge in [-0.15, -0.1) is 0 Å². The summed E-state index contributed by atoms with van der Waals surface area (Å²) in [6.07, 6.45) is 1.12. The molecule has 0 aliphatic heterocycles. The molecule has 1 heterocycles. The van der Waals surface area contributed by atoms with E-state index in [2.05, 4.69) is 9.97 Å². The maximum Gasteiger partial charge on any atom is 0.313 e. The number of rotatable bonds is 8. The Bertz CT molecular complexity index is 889. The van der Waals surface area contributed by atoms with Crippen molar-refractivity contribution in [2.24, 2.45) is 0 Å². The fourth-order valence-electron chi connectivity index (χ4n) is 2.12. The molecule has 0 aliphatic rings. The maximum absolute atomic E-state index is 12.2. The third-order valence-electron chi connectivity index (χ3n) is 3.28. The summed E-state index contributed by atoms with van der Waals surface area (Å²) in [4.78, 5) is 19.3. The Morgan fingerprint density at radius 2 is 1.88 bits per heavy atom. The van der Waals surface area contributed by atoms with Gasteiger partial charge in [-0.1, -0.05) is 35.5 Å². The van der Waals surface area contributed by atoms with Gasteiger partial charge in [0, 0.05) is 17.3 Å². The number of aromatic nitrogens is 2. The van der Waals surface area contributed by atoms with Crippen molar-refractivity contribution in [1.29, 1.82) is 0 Å². The van der Waals surface area contributed by atoms with Crippen molar-refractivity contribution in [3.8, 4) is 0 Å². The number of thioether (sulfide) groups is 1. The van der Waals surface area contributed by atoms with Crippen LogP contribution in [0.15, 0.2) is 35.4 Å². The van der Waals surface area contributed by atoms with Gasteiger partial charge in [0.1, 0.15) is 10.9 Å². The summed E-state index contributed by atoms with van der Waals surface area (Å²) in [6.45, 7) is 1.90. The highest BCUT2D eigenvalue weighted by molar-refractivity contribution is 7.99. The van der Waals surface area contributed by atoms with E-state index in [-0.39, 0.29) is 18.8 Å². The second kappa shape index (κ2) is 8.81. The molecule has 0 aliphatic carbocycles. The molecule has 0 unspecified atom stereocenters. The average Bonchev–Trinajstić information content (AvgIpc) is 2.53. The van der Waals surface area contributed by atoms with Crippen molar-refractivity contribution >= 4 is 39.4 Å². The Hall–Kier alpha value is -1.68. The third kappa shape index (κ3) is 6.56. The Morgan fingerprint density at radius 1 is 1.23 bits per heavy atom. The van der Waals surface area contributed by atoms with Crippen LogP contribution < -0.4 is 0 Å². The van der Waals surface area contributed by atoms with Crippen LogP contribution in [-0.2, 0) is 27.9 Å². The molecule has 0 saturated heterocycles. The molecule has 0 fully saturated rings. The third-order valence-corrected chi connectivity index (χ3v) is 5.62. The first-order valence-corrected chi connectivity index (χ1v) is 10.7. The molecule has 0 radical (unpaired) electrons. The minimum absolute atomic E-state index is 0.0101. The number of hydrogen-bond acceptors (Lipinski definition) is 6. The molecule has 0 amide bonds. The van der Waals surface area contributed by atoms with Gasteiger partial charge in [0.15, 0.2) is 0 Å². The van der Waals surface area contributed by atoms with Crippen LogP contribution in [0, 0.1) is 6.92 Å². The topological polar surface area (TPSA) is 100 Å². The summed E-state index contributed by atoms with van der Waals surface area (Å²) >= 11 is 6.92. The van der Waals surface area contributed by atoms with Crippen molar-refractivity contribution in [2.75, 3.05) is 12.0 Å². The number of hydrogen-bond donors (Lipinski definition) is 1. The van der Waals surface area contributed by atoms with Gasteiger partial charge in [0.2, 0.25) is 10.0 Å². The van der Waals surface area contributed by atoms with Crippen molar-refractivity contribution in [1.82, 2.24) is 14.3 Å². The largest absolute Gasteiger partial charge is 0.481 e. The zero-order valence-electron chi connectivity index (χ0n) is 14.2. The standard InChI is InChI=1S/C16H18ClN3O4S2/c1-11-7-15(25-10-16(21)22)19-14(18-11)9-20(26(2,23)24)8-12-3-5-13(17)6-4-12/h3-7H,8-10H2,1-2H3,(H,21,22). The highest BCUT2D eigenvalue weighted by Gasteiger charge is 2.19. The smallest absolute Gasteiger partial charge is 0.313 e. The maximum atomic E-state index is 12.2. The van der Waals surface area contributed by atoms with Crippen molar-refractivity contribution in [3.05, 3.63) is 52.4 Å². The molecule has 0 bridgehead atoms. The van der Waals surface area contributed by atoms with E-state index in [0.717, 1.165) is 23.6 Å². The number of sulfonamides is 1. The van der Waals surface area contributed by atoms with Crippen LogP contribution in [0.5, 0.6) is 0 Å². The molecule has 1 aromatic carbocycles. The normalized spacial score (nSPS) is 11.7. The van der Waals surface area contributed by atoms with E-state index < -0.39 is 16.0 Å². The quantitative estimate of drug-likeness (QED) is 0.522. The molecular formula is C16H18ClN3O4S2. The highest BCUT2D eigenvalue weighted by atomic mass is 35.5. The Balaban J connectivity index is 2.22. The van der Waals surface area contributed by atoms with Gasteiger partial charge in [0.25, 0.3) is 0 Å². The first-order valence-electron chi connectivity index (χ1n) is 7.52. The number of carboxylic acid groups (broad SMARTS) is 1. The summed E-state index contributed by atoms with van der Waals surface area (Å²) < 4.78 is 25.6. The van der Waals surface area contributed by atoms with Gasteiger partial charge in [-0.05, 0) is 30.7 Å². The van der Waals surface area contributed by atoms with E-state index in [1.54, 1.807) is 37.3 Å². The van der Waals surface area contributed by atoms with Crippen LogP contribution in [0.3, 0.4) is 0 Å². The lowest BCUT2D eigenvalue weighted by molar-refractivity contribution is -0.133. The number of halogens is 1. The number of benzene rings is 1. The minimum atomic E-state index is -3.50. The molecule has 10 heteroatoms. The fourth-order valence-corrected chi connectivity index (χ4v) is 3.68. The fraction of sp³-hybridized carbons (Fsp3) is 0.312. The van der Waals surface area contributed by atoms with E-state index in [0.29, 0.717) is 21.6 Å². The first-order chi connectivity index (χ1) is 12.1. The van der Waals surface area contributed by atoms with Gasteiger partial charge < -0.3 is 5.11 Å². The van der Waals surface area contributed by atoms with Crippen LogP contribution in [0.2, 0.25) is 5.02 Å². The van der Waals surface area contributed by atoms with Crippen LogP contribution in [0.25, 0.3) is 0 Å². The van der Waals surface area contributed by atoms with E-state index >= 15 is 0 Å². The number of carbonyl (C=O) groups is 1. The number of nitrogens with zero attached hydrogens (tertiary/aromatic N) is 3. The number of aliphatic carboxylic acids is 1. The minimum Gasteiger partial charge on any atom is -0.481 e. The lowest BCUT2D eigenvalue weighted by Gasteiger charge is -2.19. The molecule has 0 atom stereocenters. The van der Waals surface area contributed by atoms with Gasteiger partial charge in [-0.2, -0.15) is 4.31 Å². The van der Waals surface area contributed by atoms with E-state index in [9.17, 15) is 13.2 Å². The monoisotopic (exact) mass is 415 g/mol. The Kier molecular flexibility index (Phi) is 6.99. The van der Waals surface area contributed by atoms with E-state index in [1.165, 1.54) is 4.31 Å². The van der Waals surface area contributed by atoms with Crippen molar-refractivity contribution in [2.45, 2.75) is 25.0 Å². The molecule has 7 nitrogen and oxygen atoms in total. The highest BCUT2D eigenvalue weighted by Crippen LogP contribution is 2.19. The summed E-state index contributed by atoms with van der Waals surface area (Å²) in [7, 11) is -3.50. The van der Waals surface area contributed by atoms with Crippen LogP contribution >= 0.6 is 23.4 Å². The molecule has 2 aromatic rings. The SMILES string of the molecule is Cc1cc(SCC(=O)O)nc(CN(Cc2ccc(Cl)cc2)S(C)(=O)=O)n1. The van der Waals surface area contributed by atoms with Gasteiger partial charge in [0.05, 0.1) is 18.6 Å². The Morgan fingerprint density at radius 3 is 2.46 bits per heavy atom. The van der Waals surface area contributed by atoms with Crippen LogP contribution in [0.4, 0.5) is 0 Å². The molecule has 2 rings (SSSR count).